The number of nitrogens with one attached hydrogen (secondary N) is 1. The highest BCUT2D eigenvalue weighted by Crippen LogP contribution is 2.08. The van der Waals surface area contributed by atoms with E-state index >= 15 is 0 Å². The SMILES string of the molecule is c1ccc(CCCNc2cc(-n3cncn3)ncn2)cc1. The number of hydrogen-bond acceptors (Lipinski definition) is 5. The van der Waals surface area contributed by atoms with E-state index in [2.05, 4.69) is 49.6 Å². The fraction of sp³-hybridized carbons (Fsp3) is 0.200. The number of nitrogens with zero attached hydrogens (tertiary/aromatic N) is 5. The van der Waals surface area contributed by atoms with Crippen LogP contribution in [0.25, 0.3) is 5.82 Å². The smallest absolute Gasteiger partial charge is 0.160 e. The molecule has 0 atom stereocenters. The van der Waals surface area contributed by atoms with E-state index in [0.29, 0.717) is 5.82 Å². The van der Waals surface area contributed by atoms with Crippen molar-refractivity contribution >= 4 is 5.82 Å². The van der Waals surface area contributed by atoms with Gasteiger partial charge >= 0.3 is 0 Å². The molecular formula is C15H16N6. The van der Waals surface area contributed by atoms with Crippen LogP contribution in [0.15, 0.2) is 55.4 Å². The number of hydrogen-bond donors (Lipinski definition) is 1. The maximum absolute atomic E-state index is 4.21. The third kappa shape index (κ3) is 3.62. The molecule has 0 aliphatic heterocycles. The van der Waals surface area contributed by atoms with Crippen molar-refractivity contribution in [2.75, 3.05) is 11.9 Å². The summed E-state index contributed by atoms with van der Waals surface area (Å²) in [6.45, 7) is 0.864. The van der Waals surface area contributed by atoms with Gasteiger partial charge in [0.2, 0.25) is 0 Å². The van der Waals surface area contributed by atoms with E-state index in [1.165, 1.54) is 18.2 Å². The largest absolute Gasteiger partial charge is 0.370 e. The first-order valence-corrected chi connectivity index (χ1v) is 6.87. The highest BCUT2D eigenvalue weighted by molar-refractivity contribution is 5.39. The van der Waals surface area contributed by atoms with Gasteiger partial charge in [-0.25, -0.2) is 19.6 Å². The average Bonchev–Trinajstić information content (AvgIpc) is 3.07. The Bertz CT molecular complexity index is 666. The fourth-order valence-electron chi connectivity index (χ4n) is 2.05. The molecule has 0 bridgehead atoms. The Balaban J connectivity index is 1.53. The molecule has 0 aliphatic rings. The molecule has 2 heterocycles. The maximum Gasteiger partial charge on any atom is 0.160 e. The van der Waals surface area contributed by atoms with Crippen LogP contribution in [0.3, 0.4) is 0 Å². The Hall–Kier alpha value is -2.76. The molecule has 21 heavy (non-hydrogen) atoms. The van der Waals surface area contributed by atoms with Gasteiger partial charge < -0.3 is 5.32 Å². The van der Waals surface area contributed by atoms with Crippen LogP contribution in [0.4, 0.5) is 5.82 Å². The van der Waals surface area contributed by atoms with Gasteiger partial charge in [0.25, 0.3) is 0 Å². The van der Waals surface area contributed by atoms with Crippen LogP contribution in [0, 0.1) is 0 Å². The first-order chi connectivity index (χ1) is 10.4. The van der Waals surface area contributed by atoms with Gasteiger partial charge in [-0.15, -0.1) is 0 Å². The van der Waals surface area contributed by atoms with Crippen molar-refractivity contribution in [3.63, 3.8) is 0 Å². The molecule has 6 nitrogen and oxygen atoms in total. The topological polar surface area (TPSA) is 68.5 Å². The van der Waals surface area contributed by atoms with E-state index in [1.54, 1.807) is 11.0 Å². The normalized spacial score (nSPS) is 10.5. The summed E-state index contributed by atoms with van der Waals surface area (Å²) in [6, 6.07) is 12.3. The monoisotopic (exact) mass is 280 g/mol. The van der Waals surface area contributed by atoms with Crippen LogP contribution in [0.2, 0.25) is 0 Å². The predicted octanol–water partition coefficient (Wildman–Crippen LogP) is 2.10. The van der Waals surface area contributed by atoms with Crippen LogP contribution in [-0.2, 0) is 6.42 Å². The molecule has 3 aromatic rings. The van der Waals surface area contributed by atoms with Crippen LogP contribution < -0.4 is 5.32 Å². The number of aromatic nitrogens is 5. The zero-order chi connectivity index (χ0) is 14.3. The summed E-state index contributed by atoms with van der Waals surface area (Å²) < 4.78 is 1.61. The number of anilines is 1. The Labute approximate surface area is 122 Å². The van der Waals surface area contributed by atoms with Crippen molar-refractivity contribution < 1.29 is 0 Å². The summed E-state index contributed by atoms with van der Waals surface area (Å²) in [5, 5.41) is 7.36. The Kier molecular flexibility index (Phi) is 4.16. The lowest BCUT2D eigenvalue weighted by atomic mass is 10.1. The molecule has 3 rings (SSSR count). The van der Waals surface area contributed by atoms with Gasteiger partial charge in [-0.1, -0.05) is 30.3 Å². The second-order valence-electron chi connectivity index (χ2n) is 4.62. The van der Waals surface area contributed by atoms with Crippen molar-refractivity contribution in [3.05, 3.63) is 60.9 Å². The second kappa shape index (κ2) is 6.60. The van der Waals surface area contributed by atoms with E-state index in [9.17, 15) is 0 Å². The van der Waals surface area contributed by atoms with E-state index in [0.717, 1.165) is 25.2 Å². The molecule has 0 amide bonds. The van der Waals surface area contributed by atoms with Crippen molar-refractivity contribution in [3.8, 4) is 5.82 Å². The number of rotatable bonds is 6. The maximum atomic E-state index is 4.21. The van der Waals surface area contributed by atoms with Gasteiger partial charge in [-0.05, 0) is 18.4 Å². The third-order valence-corrected chi connectivity index (χ3v) is 3.10. The molecule has 1 N–H and O–H groups in total. The molecule has 0 unspecified atom stereocenters. The molecule has 0 saturated heterocycles. The van der Waals surface area contributed by atoms with Gasteiger partial charge in [-0.2, -0.15) is 5.10 Å². The summed E-state index contributed by atoms with van der Waals surface area (Å²) in [7, 11) is 0. The van der Waals surface area contributed by atoms with Crippen molar-refractivity contribution in [1.29, 1.82) is 0 Å². The van der Waals surface area contributed by atoms with E-state index in [4.69, 9.17) is 0 Å². The van der Waals surface area contributed by atoms with Crippen LogP contribution in [0.1, 0.15) is 12.0 Å². The quantitative estimate of drug-likeness (QED) is 0.700. The highest BCUT2D eigenvalue weighted by atomic mass is 15.3. The van der Waals surface area contributed by atoms with Gasteiger partial charge in [0.05, 0.1) is 0 Å². The van der Waals surface area contributed by atoms with Crippen molar-refractivity contribution in [2.24, 2.45) is 0 Å². The Morgan fingerprint density at radius 1 is 1.05 bits per heavy atom. The fourth-order valence-corrected chi connectivity index (χ4v) is 2.05. The van der Waals surface area contributed by atoms with E-state index < -0.39 is 0 Å². The Morgan fingerprint density at radius 3 is 2.76 bits per heavy atom. The standard InChI is InChI=1S/C15H16N6/c1-2-5-13(6-3-1)7-4-8-17-14-9-15(19-11-18-14)21-12-16-10-20-21/h1-3,5-6,9-12H,4,7-8H2,(H,17,18,19). The van der Waals surface area contributed by atoms with Crippen molar-refractivity contribution in [1.82, 2.24) is 24.7 Å². The lowest BCUT2D eigenvalue weighted by Gasteiger charge is -2.06. The molecule has 0 radical (unpaired) electrons. The zero-order valence-electron chi connectivity index (χ0n) is 11.6. The molecular weight excluding hydrogens is 264 g/mol. The lowest BCUT2D eigenvalue weighted by Crippen LogP contribution is -2.06. The molecule has 106 valence electrons. The number of benzene rings is 1. The zero-order valence-corrected chi connectivity index (χ0v) is 11.6. The third-order valence-electron chi connectivity index (χ3n) is 3.10. The van der Waals surface area contributed by atoms with Gasteiger partial charge in [0, 0.05) is 12.6 Å². The summed E-state index contributed by atoms with van der Waals surface area (Å²) in [4.78, 5) is 12.3. The highest BCUT2D eigenvalue weighted by Gasteiger charge is 2.01. The summed E-state index contributed by atoms with van der Waals surface area (Å²) in [5.74, 6) is 1.50. The Morgan fingerprint density at radius 2 is 1.95 bits per heavy atom. The van der Waals surface area contributed by atoms with Crippen molar-refractivity contribution in [2.45, 2.75) is 12.8 Å². The van der Waals surface area contributed by atoms with Gasteiger partial charge in [0.1, 0.15) is 24.8 Å². The lowest BCUT2D eigenvalue weighted by molar-refractivity contribution is 0.831. The molecule has 1 aromatic carbocycles. The number of aryl methyl sites for hydroxylation is 1. The minimum absolute atomic E-state index is 0.702. The average molecular weight is 280 g/mol. The summed E-state index contributed by atoms with van der Waals surface area (Å²) >= 11 is 0. The summed E-state index contributed by atoms with van der Waals surface area (Å²) in [5.41, 5.74) is 1.35. The van der Waals surface area contributed by atoms with E-state index in [-0.39, 0.29) is 0 Å². The van der Waals surface area contributed by atoms with Gasteiger partial charge in [-0.3, -0.25) is 0 Å². The van der Waals surface area contributed by atoms with Crippen LogP contribution in [-0.4, -0.2) is 31.3 Å². The minimum Gasteiger partial charge on any atom is -0.370 e. The van der Waals surface area contributed by atoms with E-state index in [1.807, 2.05) is 12.1 Å². The molecule has 6 heteroatoms. The molecule has 0 saturated carbocycles. The molecule has 2 aromatic heterocycles. The van der Waals surface area contributed by atoms with Gasteiger partial charge in [0.15, 0.2) is 5.82 Å². The first-order valence-electron chi connectivity index (χ1n) is 6.87. The minimum atomic E-state index is 0.702. The molecule has 0 spiro atoms. The molecule has 0 aliphatic carbocycles. The van der Waals surface area contributed by atoms with Crippen LogP contribution in [0.5, 0.6) is 0 Å². The first kappa shape index (κ1) is 13.2. The van der Waals surface area contributed by atoms with Crippen LogP contribution >= 0.6 is 0 Å². The predicted molar refractivity (Wildman–Crippen MR) is 80.2 cm³/mol. The second-order valence-corrected chi connectivity index (χ2v) is 4.62. The molecule has 0 fully saturated rings. The summed E-state index contributed by atoms with van der Waals surface area (Å²) in [6.07, 6.45) is 6.72.